The van der Waals surface area contributed by atoms with Crippen molar-refractivity contribution in [2.24, 2.45) is 0 Å². The van der Waals surface area contributed by atoms with Crippen LogP contribution in [-0.4, -0.2) is 22.9 Å². The summed E-state index contributed by atoms with van der Waals surface area (Å²) < 4.78 is 0. The minimum Gasteiger partial charge on any atom is -0.380 e. The Labute approximate surface area is 161 Å². The summed E-state index contributed by atoms with van der Waals surface area (Å²) in [5.41, 5.74) is 2.41. The van der Waals surface area contributed by atoms with E-state index in [9.17, 15) is 9.59 Å². The van der Waals surface area contributed by atoms with Crippen LogP contribution < -0.4 is 16.0 Å². The predicted molar refractivity (Wildman–Crippen MR) is 111 cm³/mol. The molecule has 5 nitrogen and oxygen atoms in total. The third kappa shape index (κ3) is 6.77. The summed E-state index contributed by atoms with van der Waals surface area (Å²) in [4.78, 5) is 24.5. The summed E-state index contributed by atoms with van der Waals surface area (Å²) in [7, 11) is 0. The van der Waals surface area contributed by atoms with Crippen molar-refractivity contribution in [2.45, 2.75) is 52.6 Å². The van der Waals surface area contributed by atoms with Crippen LogP contribution >= 0.6 is 0 Å². The molecule has 0 atom stereocenters. The van der Waals surface area contributed by atoms with E-state index in [0.717, 1.165) is 5.69 Å². The van der Waals surface area contributed by atoms with Crippen molar-refractivity contribution in [1.82, 2.24) is 5.32 Å². The van der Waals surface area contributed by atoms with E-state index in [1.807, 2.05) is 32.9 Å². The predicted octanol–water partition coefficient (Wildman–Crippen LogP) is 4.68. The van der Waals surface area contributed by atoms with E-state index in [2.05, 4.69) is 36.7 Å². The molecule has 0 unspecified atom stereocenters. The summed E-state index contributed by atoms with van der Waals surface area (Å²) in [5.74, 6) is -0.327. The van der Waals surface area contributed by atoms with Gasteiger partial charge in [-0.3, -0.25) is 9.59 Å². The molecule has 0 aliphatic heterocycles. The highest BCUT2D eigenvalue weighted by Gasteiger charge is 2.15. The first-order valence-electron chi connectivity index (χ1n) is 9.05. The van der Waals surface area contributed by atoms with Gasteiger partial charge in [-0.25, -0.2) is 0 Å². The highest BCUT2D eigenvalue weighted by molar-refractivity contribution is 6.04. The number of carbonyl (C=O) groups excluding carboxylic acids is 2. The molecule has 0 heterocycles. The standard InChI is InChI=1S/C22H29N3O2/c1-21(2,3)24-18-13-9-15(10-14-18)19(26)23-17-11-7-16(8-12-17)20(27)25-22(4,5)6/h7-14,24H,1-6H3,(H,23,26)(H,25,27). The van der Waals surface area contributed by atoms with E-state index in [1.54, 1.807) is 36.4 Å². The molecule has 5 heteroatoms. The molecule has 0 aromatic heterocycles. The summed E-state index contributed by atoms with van der Waals surface area (Å²) in [5, 5.41) is 9.12. The van der Waals surface area contributed by atoms with E-state index >= 15 is 0 Å². The quantitative estimate of drug-likeness (QED) is 0.735. The Morgan fingerprint density at radius 1 is 0.630 bits per heavy atom. The molecule has 0 bridgehead atoms. The van der Waals surface area contributed by atoms with Crippen molar-refractivity contribution in [1.29, 1.82) is 0 Å². The van der Waals surface area contributed by atoms with Gasteiger partial charge in [0.15, 0.2) is 0 Å². The van der Waals surface area contributed by atoms with Crippen LogP contribution in [0.1, 0.15) is 62.3 Å². The zero-order valence-corrected chi connectivity index (χ0v) is 16.9. The molecular formula is C22H29N3O2. The second kappa shape index (κ2) is 7.82. The molecule has 2 amide bonds. The summed E-state index contributed by atoms with van der Waals surface area (Å²) >= 11 is 0. The van der Waals surface area contributed by atoms with Crippen LogP contribution in [0.15, 0.2) is 48.5 Å². The molecule has 0 aliphatic carbocycles. The molecule has 0 saturated carbocycles. The Bertz CT molecular complexity index is 795. The van der Waals surface area contributed by atoms with Crippen LogP contribution in [0, 0.1) is 0 Å². The Morgan fingerprint density at radius 3 is 1.52 bits per heavy atom. The lowest BCUT2D eigenvalue weighted by Crippen LogP contribution is -2.40. The van der Waals surface area contributed by atoms with Crippen LogP contribution in [0.5, 0.6) is 0 Å². The molecule has 0 radical (unpaired) electrons. The number of rotatable bonds is 4. The highest BCUT2D eigenvalue weighted by Crippen LogP contribution is 2.17. The number of nitrogens with one attached hydrogen (secondary N) is 3. The van der Waals surface area contributed by atoms with Crippen molar-refractivity contribution >= 4 is 23.2 Å². The zero-order valence-electron chi connectivity index (χ0n) is 16.9. The van der Waals surface area contributed by atoms with Crippen molar-refractivity contribution in [3.05, 3.63) is 59.7 Å². The summed E-state index contributed by atoms with van der Waals surface area (Å²) in [6, 6.07) is 14.2. The molecule has 2 rings (SSSR count). The molecule has 144 valence electrons. The Kier molecular flexibility index (Phi) is 5.94. The van der Waals surface area contributed by atoms with Gasteiger partial charge >= 0.3 is 0 Å². The largest absolute Gasteiger partial charge is 0.380 e. The normalized spacial score (nSPS) is 11.6. The molecule has 2 aromatic rings. The second-order valence-electron chi connectivity index (χ2n) is 8.69. The van der Waals surface area contributed by atoms with Crippen LogP contribution in [0.25, 0.3) is 0 Å². The first-order valence-corrected chi connectivity index (χ1v) is 9.05. The molecule has 27 heavy (non-hydrogen) atoms. The van der Waals surface area contributed by atoms with Crippen LogP contribution in [0.3, 0.4) is 0 Å². The molecule has 0 spiro atoms. The average molecular weight is 367 g/mol. The monoisotopic (exact) mass is 367 g/mol. The van der Waals surface area contributed by atoms with Gasteiger partial charge in [-0.2, -0.15) is 0 Å². The Hall–Kier alpha value is -2.82. The molecule has 0 fully saturated rings. The van der Waals surface area contributed by atoms with Gasteiger partial charge in [0.25, 0.3) is 11.8 Å². The molecule has 3 N–H and O–H groups in total. The SMILES string of the molecule is CC(C)(C)NC(=O)c1ccc(NC(=O)c2ccc(NC(C)(C)C)cc2)cc1. The second-order valence-corrected chi connectivity index (χ2v) is 8.69. The highest BCUT2D eigenvalue weighted by atomic mass is 16.2. The molecule has 0 aliphatic rings. The van der Waals surface area contributed by atoms with E-state index in [0.29, 0.717) is 16.8 Å². The number of amides is 2. The Morgan fingerprint density at radius 2 is 1.07 bits per heavy atom. The van der Waals surface area contributed by atoms with Gasteiger partial charge in [-0.05, 0) is 90.1 Å². The van der Waals surface area contributed by atoms with E-state index < -0.39 is 0 Å². The number of carbonyl (C=O) groups is 2. The van der Waals surface area contributed by atoms with Gasteiger partial charge in [0.1, 0.15) is 0 Å². The van der Waals surface area contributed by atoms with Gasteiger partial charge in [0.2, 0.25) is 0 Å². The fourth-order valence-electron chi connectivity index (χ4n) is 2.46. The van der Waals surface area contributed by atoms with Gasteiger partial charge in [-0.15, -0.1) is 0 Å². The number of hydrogen-bond donors (Lipinski definition) is 3. The van der Waals surface area contributed by atoms with E-state index in [-0.39, 0.29) is 22.9 Å². The molecule has 0 saturated heterocycles. The first kappa shape index (κ1) is 20.5. The minimum absolute atomic E-state index is 0.0369. The summed E-state index contributed by atoms with van der Waals surface area (Å²) in [6.07, 6.45) is 0. The smallest absolute Gasteiger partial charge is 0.255 e. The fourth-order valence-corrected chi connectivity index (χ4v) is 2.46. The Balaban J connectivity index is 2.00. The molecular weight excluding hydrogens is 338 g/mol. The lowest BCUT2D eigenvalue weighted by atomic mass is 10.1. The molecule has 2 aromatic carbocycles. The topological polar surface area (TPSA) is 70.2 Å². The zero-order chi connectivity index (χ0) is 20.2. The number of anilines is 2. The van der Waals surface area contributed by atoms with Crippen LogP contribution in [-0.2, 0) is 0 Å². The van der Waals surface area contributed by atoms with Gasteiger partial charge in [0, 0.05) is 33.6 Å². The lowest BCUT2D eigenvalue weighted by Gasteiger charge is -2.22. The maximum atomic E-state index is 12.4. The van der Waals surface area contributed by atoms with Gasteiger partial charge in [0.05, 0.1) is 0 Å². The van der Waals surface area contributed by atoms with E-state index in [1.165, 1.54) is 0 Å². The van der Waals surface area contributed by atoms with Crippen molar-refractivity contribution in [3.63, 3.8) is 0 Å². The fraction of sp³-hybridized carbons (Fsp3) is 0.364. The average Bonchev–Trinajstić information content (AvgIpc) is 2.53. The third-order valence-electron chi connectivity index (χ3n) is 3.56. The van der Waals surface area contributed by atoms with Crippen LogP contribution in [0.2, 0.25) is 0 Å². The lowest BCUT2D eigenvalue weighted by molar-refractivity contribution is 0.0919. The maximum absolute atomic E-state index is 12.4. The minimum atomic E-state index is -0.294. The van der Waals surface area contributed by atoms with Crippen molar-refractivity contribution in [2.75, 3.05) is 10.6 Å². The third-order valence-corrected chi connectivity index (χ3v) is 3.56. The number of benzene rings is 2. The van der Waals surface area contributed by atoms with Gasteiger partial charge in [-0.1, -0.05) is 0 Å². The van der Waals surface area contributed by atoms with E-state index in [4.69, 9.17) is 0 Å². The number of hydrogen-bond acceptors (Lipinski definition) is 3. The maximum Gasteiger partial charge on any atom is 0.255 e. The summed E-state index contributed by atoms with van der Waals surface area (Å²) in [6.45, 7) is 12.0. The van der Waals surface area contributed by atoms with Crippen molar-refractivity contribution in [3.8, 4) is 0 Å². The van der Waals surface area contributed by atoms with Crippen molar-refractivity contribution < 1.29 is 9.59 Å². The van der Waals surface area contributed by atoms with Gasteiger partial charge < -0.3 is 16.0 Å². The first-order chi connectivity index (χ1) is 12.4. The van der Waals surface area contributed by atoms with Crippen LogP contribution in [0.4, 0.5) is 11.4 Å².